The Balaban J connectivity index is 2.66. The van der Waals surface area contributed by atoms with Gasteiger partial charge in [-0.15, -0.1) is 0 Å². The van der Waals surface area contributed by atoms with Gasteiger partial charge in [0.2, 0.25) is 10.0 Å². The third kappa shape index (κ3) is 3.43. The summed E-state index contributed by atoms with van der Waals surface area (Å²) in [5.74, 6) is 0. The Labute approximate surface area is 92.9 Å². The molecule has 0 amide bonds. The first kappa shape index (κ1) is 12.9. The van der Waals surface area contributed by atoms with Crippen molar-refractivity contribution in [3.05, 3.63) is 0 Å². The van der Waals surface area contributed by atoms with Crippen molar-refractivity contribution < 1.29 is 8.42 Å². The van der Waals surface area contributed by atoms with E-state index in [-0.39, 0.29) is 6.54 Å². The van der Waals surface area contributed by atoms with Gasteiger partial charge in [0.1, 0.15) is 0 Å². The molecule has 90 valence electrons. The van der Waals surface area contributed by atoms with Crippen molar-refractivity contribution in [2.24, 2.45) is 5.73 Å². The minimum absolute atomic E-state index is 0.207. The molecular formula is C10H22N2O2S. The average Bonchev–Trinajstić information content (AvgIpc) is 2.15. The molecule has 1 aliphatic heterocycles. The fourth-order valence-corrected chi connectivity index (χ4v) is 3.37. The predicted octanol–water partition coefficient (Wildman–Crippen LogP) is 0.929. The fourth-order valence-electron chi connectivity index (χ4n) is 1.85. The molecule has 0 bridgehead atoms. The number of hydrogen-bond acceptors (Lipinski definition) is 3. The summed E-state index contributed by atoms with van der Waals surface area (Å²) < 4.78 is 25.7. The predicted molar refractivity (Wildman–Crippen MR) is 62.1 cm³/mol. The Morgan fingerprint density at radius 3 is 2.07 bits per heavy atom. The van der Waals surface area contributed by atoms with Crippen LogP contribution in [-0.2, 0) is 10.0 Å². The summed E-state index contributed by atoms with van der Waals surface area (Å²) >= 11 is 0. The highest BCUT2D eigenvalue weighted by molar-refractivity contribution is 7.89. The van der Waals surface area contributed by atoms with E-state index in [9.17, 15) is 8.42 Å². The van der Waals surface area contributed by atoms with Crippen molar-refractivity contribution in [3.8, 4) is 0 Å². The Kier molecular flexibility index (Phi) is 5.02. The molecule has 15 heavy (non-hydrogen) atoms. The second-order valence-corrected chi connectivity index (χ2v) is 6.61. The first-order valence-electron chi connectivity index (χ1n) is 5.78. The quantitative estimate of drug-likeness (QED) is 0.790. The molecule has 0 aromatic rings. The van der Waals surface area contributed by atoms with Crippen molar-refractivity contribution >= 4 is 10.0 Å². The second-order valence-electron chi connectivity index (χ2n) is 4.26. The normalized spacial score (nSPS) is 23.1. The minimum atomic E-state index is -3.14. The van der Waals surface area contributed by atoms with Crippen molar-refractivity contribution in [2.45, 2.75) is 44.3 Å². The molecule has 0 aromatic carbocycles. The summed E-state index contributed by atoms with van der Waals surface area (Å²) in [5.41, 5.74) is 5.43. The second kappa shape index (κ2) is 5.82. The van der Waals surface area contributed by atoms with Crippen molar-refractivity contribution in [3.63, 3.8) is 0 Å². The number of rotatable bonds is 3. The third-order valence-corrected chi connectivity index (χ3v) is 5.31. The van der Waals surface area contributed by atoms with Gasteiger partial charge in [-0.1, -0.05) is 19.3 Å². The maximum absolute atomic E-state index is 12.0. The van der Waals surface area contributed by atoms with Gasteiger partial charge < -0.3 is 5.73 Å². The molecule has 1 aliphatic rings. The zero-order valence-corrected chi connectivity index (χ0v) is 10.3. The molecule has 4 nitrogen and oxygen atoms in total. The summed E-state index contributed by atoms with van der Waals surface area (Å²) in [6.07, 6.45) is 5.49. The van der Waals surface area contributed by atoms with Crippen LogP contribution in [0.4, 0.5) is 0 Å². The van der Waals surface area contributed by atoms with Crippen LogP contribution in [0.5, 0.6) is 0 Å². The van der Waals surface area contributed by atoms with Crippen molar-refractivity contribution in [2.75, 3.05) is 19.6 Å². The van der Waals surface area contributed by atoms with Gasteiger partial charge in [0.15, 0.2) is 0 Å². The van der Waals surface area contributed by atoms with Crippen molar-refractivity contribution in [1.82, 2.24) is 4.31 Å². The lowest BCUT2D eigenvalue weighted by Gasteiger charge is -2.26. The van der Waals surface area contributed by atoms with E-state index in [4.69, 9.17) is 5.73 Å². The summed E-state index contributed by atoms with van der Waals surface area (Å²) in [4.78, 5) is 0. The van der Waals surface area contributed by atoms with E-state index in [1.54, 1.807) is 11.2 Å². The highest BCUT2D eigenvalue weighted by atomic mass is 32.2. The smallest absolute Gasteiger partial charge is 0.217 e. The fraction of sp³-hybridized carbons (Fsp3) is 1.00. The zero-order valence-electron chi connectivity index (χ0n) is 9.48. The van der Waals surface area contributed by atoms with E-state index < -0.39 is 15.3 Å². The van der Waals surface area contributed by atoms with E-state index in [1.165, 1.54) is 6.42 Å². The maximum atomic E-state index is 12.0. The third-order valence-electron chi connectivity index (χ3n) is 3.02. The molecular weight excluding hydrogens is 212 g/mol. The first-order chi connectivity index (χ1) is 7.09. The molecule has 5 heteroatoms. The number of nitrogens with zero attached hydrogens (tertiary/aromatic N) is 1. The first-order valence-corrected chi connectivity index (χ1v) is 7.28. The molecule has 0 saturated carbocycles. The lowest BCUT2D eigenvalue weighted by atomic mass is 10.1. The molecule has 1 heterocycles. The van der Waals surface area contributed by atoms with Crippen LogP contribution >= 0.6 is 0 Å². The van der Waals surface area contributed by atoms with Gasteiger partial charge in [0.05, 0.1) is 5.25 Å². The summed E-state index contributed by atoms with van der Waals surface area (Å²) in [6, 6.07) is 0. The summed E-state index contributed by atoms with van der Waals surface area (Å²) in [5, 5.41) is -0.447. The van der Waals surface area contributed by atoms with Gasteiger partial charge in [-0.2, -0.15) is 0 Å². The maximum Gasteiger partial charge on any atom is 0.217 e. The molecule has 0 aliphatic carbocycles. The highest BCUT2D eigenvalue weighted by Gasteiger charge is 2.27. The molecule has 0 radical (unpaired) electrons. The number of nitrogens with two attached hydrogens (primary N) is 1. The standard InChI is InChI=1S/C10H22N2O2S/c1-10(9-11)15(13,14)12-7-5-3-2-4-6-8-12/h10H,2-9,11H2,1H3. The van der Waals surface area contributed by atoms with Gasteiger partial charge >= 0.3 is 0 Å². The van der Waals surface area contributed by atoms with E-state index >= 15 is 0 Å². The van der Waals surface area contributed by atoms with Crippen LogP contribution < -0.4 is 5.73 Å². The highest BCUT2D eigenvalue weighted by Crippen LogP contribution is 2.16. The number of hydrogen-bond donors (Lipinski definition) is 1. The van der Waals surface area contributed by atoms with Gasteiger partial charge in [-0.3, -0.25) is 0 Å². The number of sulfonamides is 1. The topological polar surface area (TPSA) is 63.4 Å². The summed E-state index contributed by atoms with van der Waals surface area (Å²) in [6.45, 7) is 3.24. The van der Waals surface area contributed by atoms with Crippen molar-refractivity contribution in [1.29, 1.82) is 0 Å². The zero-order chi connectivity index (χ0) is 11.3. The largest absolute Gasteiger partial charge is 0.329 e. The Hall–Kier alpha value is -0.130. The molecule has 1 unspecified atom stereocenters. The molecule has 1 atom stereocenters. The Bertz CT molecular complexity index is 269. The monoisotopic (exact) mass is 234 g/mol. The lowest BCUT2D eigenvalue weighted by Crippen LogP contribution is -2.42. The Morgan fingerprint density at radius 2 is 1.60 bits per heavy atom. The van der Waals surface area contributed by atoms with Crippen LogP contribution in [0.2, 0.25) is 0 Å². The van der Waals surface area contributed by atoms with Crippen LogP contribution in [0.1, 0.15) is 39.0 Å². The average molecular weight is 234 g/mol. The van der Waals surface area contributed by atoms with Gasteiger partial charge in [-0.05, 0) is 19.8 Å². The van der Waals surface area contributed by atoms with Crippen LogP contribution in [0.25, 0.3) is 0 Å². The van der Waals surface area contributed by atoms with E-state index in [1.807, 2.05) is 0 Å². The lowest BCUT2D eigenvalue weighted by molar-refractivity contribution is 0.360. The molecule has 1 saturated heterocycles. The Morgan fingerprint density at radius 1 is 1.13 bits per heavy atom. The summed E-state index contributed by atoms with van der Waals surface area (Å²) in [7, 11) is -3.14. The molecule has 0 spiro atoms. The van der Waals surface area contributed by atoms with E-state index in [0.717, 1.165) is 25.7 Å². The minimum Gasteiger partial charge on any atom is -0.329 e. The van der Waals surface area contributed by atoms with Gasteiger partial charge in [0.25, 0.3) is 0 Å². The SMILES string of the molecule is CC(CN)S(=O)(=O)N1CCCCCCC1. The molecule has 1 rings (SSSR count). The van der Waals surface area contributed by atoms with Crippen LogP contribution in [-0.4, -0.2) is 37.6 Å². The van der Waals surface area contributed by atoms with E-state index in [0.29, 0.717) is 13.1 Å². The van der Waals surface area contributed by atoms with Crippen LogP contribution in [0.15, 0.2) is 0 Å². The molecule has 2 N–H and O–H groups in total. The van der Waals surface area contributed by atoms with Gasteiger partial charge in [-0.25, -0.2) is 12.7 Å². The van der Waals surface area contributed by atoms with Gasteiger partial charge in [0, 0.05) is 19.6 Å². The molecule has 0 aromatic heterocycles. The van der Waals surface area contributed by atoms with E-state index in [2.05, 4.69) is 0 Å². The van der Waals surface area contributed by atoms with Crippen LogP contribution in [0.3, 0.4) is 0 Å². The molecule has 1 fully saturated rings. The van der Waals surface area contributed by atoms with Crippen LogP contribution in [0, 0.1) is 0 Å².